The molecular formula is C16H15F2NO3S. The molecule has 7 heteroatoms. The summed E-state index contributed by atoms with van der Waals surface area (Å²) >= 11 is 0.224. The van der Waals surface area contributed by atoms with E-state index in [0.29, 0.717) is 13.0 Å². The van der Waals surface area contributed by atoms with Crippen LogP contribution in [0.25, 0.3) is 0 Å². The minimum absolute atomic E-state index is 0.0342. The number of carbonyl (C=O) groups is 1. The fourth-order valence-corrected chi connectivity index (χ4v) is 2.30. The second-order valence-electron chi connectivity index (χ2n) is 4.39. The van der Waals surface area contributed by atoms with Gasteiger partial charge >= 0.3 is 5.97 Å². The number of halogens is 2. The van der Waals surface area contributed by atoms with Crippen molar-refractivity contribution in [2.75, 3.05) is 13.2 Å². The molecule has 23 heavy (non-hydrogen) atoms. The molecule has 2 aromatic rings. The zero-order valence-corrected chi connectivity index (χ0v) is 13.0. The Morgan fingerprint density at radius 3 is 2.65 bits per heavy atom. The highest BCUT2D eigenvalue weighted by Gasteiger charge is 2.17. The number of pyridine rings is 1. The van der Waals surface area contributed by atoms with E-state index in [-0.39, 0.29) is 29.0 Å². The molecule has 4 nitrogen and oxygen atoms in total. The molecule has 1 aromatic carbocycles. The first-order chi connectivity index (χ1) is 11.2. The van der Waals surface area contributed by atoms with Crippen molar-refractivity contribution in [3.8, 4) is 5.75 Å². The number of esters is 1. The zero-order valence-electron chi connectivity index (χ0n) is 12.2. The van der Waals surface area contributed by atoms with Crippen LogP contribution in [0.4, 0.5) is 8.78 Å². The van der Waals surface area contributed by atoms with Gasteiger partial charge in [-0.25, -0.2) is 9.78 Å². The van der Waals surface area contributed by atoms with Crippen LogP contribution in [0.1, 0.15) is 16.8 Å². The Bertz CT molecular complexity index is 626. The molecule has 0 aliphatic rings. The molecule has 122 valence electrons. The van der Waals surface area contributed by atoms with Crippen LogP contribution in [0, 0.1) is 0 Å². The number of ether oxygens (including phenoxy) is 2. The van der Waals surface area contributed by atoms with E-state index in [2.05, 4.69) is 4.98 Å². The first-order valence-corrected chi connectivity index (χ1v) is 7.79. The van der Waals surface area contributed by atoms with Crippen molar-refractivity contribution >= 4 is 17.7 Å². The van der Waals surface area contributed by atoms with Gasteiger partial charge < -0.3 is 9.47 Å². The minimum atomic E-state index is -2.64. The molecule has 1 aromatic heterocycles. The van der Waals surface area contributed by atoms with Gasteiger partial charge in [-0.05, 0) is 36.0 Å². The first kappa shape index (κ1) is 17.2. The average molecular weight is 339 g/mol. The number of alkyl halides is 2. The van der Waals surface area contributed by atoms with E-state index in [1.165, 1.54) is 18.3 Å². The number of aromatic nitrogens is 1. The Hall–Kier alpha value is -2.15. The largest absolute Gasteiger partial charge is 0.493 e. The van der Waals surface area contributed by atoms with Gasteiger partial charge in [0.1, 0.15) is 10.8 Å². The summed E-state index contributed by atoms with van der Waals surface area (Å²) < 4.78 is 35.4. The van der Waals surface area contributed by atoms with Gasteiger partial charge in [-0.15, -0.1) is 0 Å². The number of para-hydroxylation sites is 1. The Kier molecular flexibility index (Phi) is 6.80. The van der Waals surface area contributed by atoms with Crippen LogP contribution in [0.3, 0.4) is 0 Å². The molecule has 0 N–H and O–H groups in total. The molecule has 1 heterocycles. The molecule has 0 bridgehead atoms. The molecular weight excluding hydrogens is 324 g/mol. The third kappa shape index (κ3) is 5.86. The Morgan fingerprint density at radius 1 is 1.13 bits per heavy atom. The first-order valence-electron chi connectivity index (χ1n) is 6.91. The number of rotatable bonds is 8. The van der Waals surface area contributed by atoms with Gasteiger partial charge in [-0.1, -0.05) is 18.2 Å². The molecule has 0 fully saturated rings. The van der Waals surface area contributed by atoms with Gasteiger partial charge in [-0.2, -0.15) is 8.78 Å². The van der Waals surface area contributed by atoms with Crippen LogP contribution in [0.5, 0.6) is 5.75 Å². The molecule has 0 atom stereocenters. The lowest BCUT2D eigenvalue weighted by Crippen LogP contribution is -2.11. The molecule has 2 rings (SSSR count). The quantitative estimate of drug-likeness (QED) is 0.413. The van der Waals surface area contributed by atoms with Crippen molar-refractivity contribution < 1.29 is 23.0 Å². The van der Waals surface area contributed by atoms with Crippen LogP contribution in [-0.4, -0.2) is 29.9 Å². The maximum absolute atomic E-state index is 12.4. The SMILES string of the molecule is O=C(OCCCOc1ccccc1)c1cccnc1SC(F)F. The predicted octanol–water partition coefficient (Wildman–Crippen LogP) is 4.02. The lowest BCUT2D eigenvalue weighted by Gasteiger charge is -2.09. The van der Waals surface area contributed by atoms with Gasteiger partial charge in [0.05, 0.1) is 18.8 Å². The highest BCUT2D eigenvalue weighted by atomic mass is 32.2. The number of benzene rings is 1. The van der Waals surface area contributed by atoms with Gasteiger partial charge in [0, 0.05) is 12.6 Å². The Balaban J connectivity index is 1.77. The summed E-state index contributed by atoms with van der Waals surface area (Å²) in [7, 11) is 0. The number of nitrogens with zero attached hydrogens (tertiary/aromatic N) is 1. The van der Waals surface area contributed by atoms with Gasteiger partial charge in [0.15, 0.2) is 0 Å². The van der Waals surface area contributed by atoms with E-state index < -0.39 is 11.7 Å². The summed E-state index contributed by atoms with van der Waals surface area (Å²) in [5.74, 6) is -2.57. The van der Waals surface area contributed by atoms with E-state index in [0.717, 1.165) is 5.75 Å². The van der Waals surface area contributed by atoms with Crippen LogP contribution >= 0.6 is 11.8 Å². The van der Waals surface area contributed by atoms with Crippen LogP contribution < -0.4 is 4.74 Å². The Labute approximate surface area is 136 Å². The van der Waals surface area contributed by atoms with Gasteiger partial charge in [0.2, 0.25) is 0 Å². The number of hydrogen-bond acceptors (Lipinski definition) is 5. The topological polar surface area (TPSA) is 48.4 Å². The maximum Gasteiger partial charge on any atom is 0.340 e. The smallest absolute Gasteiger partial charge is 0.340 e. The molecule has 0 amide bonds. The zero-order chi connectivity index (χ0) is 16.5. The predicted molar refractivity (Wildman–Crippen MR) is 82.9 cm³/mol. The summed E-state index contributed by atoms with van der Waals surface area (Å²) in [6.45, 7) is 0.530. The van der Waals surface area contributed by atoms with E-state index in [1.54, 1.807) is 0 Å². The lowest BCUT2D eigenvalue weighted by atomic mass is 10.3. The van der Waals surface area contributed by atoms with Crippen molar-refractivity contribution in [3.05, 3.63) is 54.2 Å². The average Bonchev–Trinajstić information content (AvgIpc) is 2.55. The van der Waals surface area contributed by atoms with Crippen LogP contribution in [0.15, 0.2) is 53.7 Å². The molecule has 0 saturated heterocycles. The summed E-state index contributed by atoms with van der Waals surface area (Å²) in [6, 6.07) is 12.2. The monoisotopic (exact) mass is 339 g/mol. The summed E-state index contributed by atoms with van der Waals surface area (Å²) in [4.78, 5) is 15.7. The van der Waals surface area contributed by atoms with E-state index >= 15 is 0 Å². The van der Waals surface area contributed by atoms with E-state index in [9.17, 15) is 13.6 Å². The fraction of sp³-hybridized carbons (Fsp3) is 0.250. The van der Waals surface area contributed by atoms with Crippen molar-refractivity contribution in [2.24, 2.45) is 0 Å². The fourth-order valence-electron chi connectivity index (χ4n) is 1.73. The molecule has 0 saturated carbocycles. The van der Waals surface area contributed by atoms with Crippen LogP contribution in [-0.2, 0) is 4.74 Å². The highest BCUT2D eigenvalue weighted by Crippen LogP contribution is 2.26. The second-order valence-corrected chi connectivity index (χ2v) is 5.36. The number of hydrogen-bond donors (Lipinski definition) is 0. The molecule has 0 spiro atoms. The van der Waals surface area contributed by atoms with E-state index in [4.69, 9.17) is 9.47 Å². The molecule has 0 unspecified atom stereocenters. The summed E-state index contributed by atoms with van der Waals surface area (Å²) in [5.41, 5.74) is 0.0433. The summed E-state index contributed by atoms with van der Waals surface area (Å²) in [5, 5.41) is -0.0342. The van der Waals surface area contributed by atoms with Crippen molar-refractivity contribution in [3.63, 3.8) is 0 Å². The second kappa shape index (κ2) is 9.09. The van der Waals surface area contributed by atoms with Crippen molar-refractivity contribution in [1.82, 2.24) is 4.98 Å². The normalized spacial score (nSPS) is 10.6. The summed E-state index contributed by atoms with van der Waals surface area (Å²) in [6.07, 6.45) is 1.85. The van der Waals surface area contributed by atoms with Gasteiger partial charge in [0.25, 0.3) is 5.76 Å². The number of thioether (sulfide) groups is 1. The van der Waals surface area contributed by atoms with E-state index in [1.807, 2.05) is 30.3 Å². The maximum atomic E-state index is 12.4. The Morgan fingerprint density at radius 2 is 1.91 bits per heavy atom. The number of carbonyl (C=O) groups excluding carboxylic acids is 1. The standard InChI is InChI=1S/C16H15F2NO3S/c17-16(18)23-14-13(8-4-9-19-14)15(20)22-11-5-10-21-12-6-2-1-3-7-12/h1-4,6-9,16H,5,10-11H2. The third-order valence-corrected chi connectivity index (χ3v) is 3.45. The molecule has 0 aliphatic carbocycles. The van der Waals surface area contributed by atoms with Crippen molar-refractivity contribution in [1.29, 1.82) is 0 Å². The van der Waals surface area contributed by atoms with Gasteiger partial charge in [-0.3, -0.25) is 0 Å². The lowest BCUT2D eigenvalue weighted by molar-refractivity contribution is 0.0481. The highest BCUT2D eigenvalue weighted by molar-refractivity contribution is 7.99. The molecule has 0 aliphatic heterocycles. The minimum Gasteiger partial charge on any atom is -0.493 e. The molecule has 0 radical (unpaired) electrons. The van der Waals surface area contributed by atoms with Crippen LogP contribution in [0.2, 0.25) is 0 Å². The van der Waals surface area contributed by atoms with Crippen molar-refractivity contribution in [2.45, 2.75) is 17.2 Å². The third-order valence-electron chi connectivity index (χ3n) is 2.73.